The molecule has 0 aliphatic rings. The second-order valence-electron chi connectivity index (χ2n) is 3.85. The number of hydrogen-bond donors (Lipinski definition) is 2. The van der Waals surface area contributed by atoms with E-state index >= 15 is 0 Å². The number of benzene rings is 1. The van der Waals surface area contributed by atoms with Crippen molar-refractivity contribution in [2.75, 3.05) is 5.73 Å². The van der Waals surface area contributed by atoms with Gasteiger partial charge in [0, 0.05) is 5.69 Å². The Morgan fingerprint density at radius 3 is 2.75 bits per heavy atom. The van der Waals surface area contributed by atoms with E-state index in [9.17, 15) is 9.46 Å². The summed E-state index contributed by atoms with van der Waals surface area (Å²) in [5.41, 5.74) is 6.88. The average molecular weight is 243 g/mol. The minimum absolute atomic E-state index is 0.188. The van der Waals surface area contributed by atoms with E-state index in [1.165, 1.54) is 6.07 Å². The first kappa shape index (κ1) is 13.2. The van der Waals surface area contributed by atoms with Crippen molar-refractivity contribution in [3.8, 4) is 0 Å². The predicted octanol–water partition coefficient (Wildman–Crippen LogP) is 2.20. The van der Waals surface area contributed by atoms with Crippen molar-refractivity contribution in [3.63, 3.8) is 0 Å². The second-order valence-corrected chi connectivity index (χ2v) is 5.59. The maximum absolute atomic E-state index is 12.0. The zero-order valence-corrected chi connectivity index (χ0v) is 10.7. The Morgan fingerprint density at radius 1 is 1.56 bits per heavy atom. The van der Waals surface area contributed by atoms with Gasteiger partial charge in [0.1, 0.15) is 0 Å². The van der Waals surface area contributed by atoms with E-state index in [0.717, 1.165) is 5.56 Å². The Balaban J connectivity index is 3.07. The highest BCUT2D eigenvalue weighted by Crippen LogP contribution is 2.44. The van der Waals surface area contributed by atoms with Crippen LogP contribution in [0.1, 0.15) is 25.8 Å². The summed E-state index contributed by atoms with van der Waals surface area (Å²) in [6.07, 6.45) is 0.409. The van der Waals surface area contributed by atoms with Crippen molar-refractivity contribution in [2.24, 2.45) is 0 Å². The third kappa shape index (κ3) is 2.85. The summed E-state index contributed by atoms with van der Waals surface area (Å²) < 4.78 is 17.2. The topological polar surface area (TPSA) is 72.5 Å². The molecule has 0 aliphatic heterocycles. The third-order valence-electron chi connectivity index (χ3n) is 2.50. The molecule has 0 aromatic heterocycles. The molecule has 0 bridgehead atoms. The molecule has 90 valence electrons. The molecule has 0 heterocycles. The standard InChI is InChI=1S/C11H18NO3P/c1-4-9(3)15-16(13,14)10-7-5-6-8(2)11(10)12/h5-7,9H,4,12H2,1-3H3,(H,13,14). The van der Waals surface area contributed by atoms with Gasteiger partial charge < -0.3 is 15.2 Å². The quantitative estimate of drug-likeness (QED) is 0.628. The van der Waals surface area contributed by atoms with Gasteiger partial charge in [-0.3, -0.25) is 4.57 Å². The van der Waals surface area contributed by atoms with Crippen molar-refractivity contribution in [1.29, 1.82) is 0 Å². The zero-order chi connectivity index (χ0) is 12.3. The molecule has 0 amide bonds. The molecule has 4 nitrogen and oxygen atoms in total. The van der Waals surface area contributed by atoms with Crippen LogP contribution in [0.2, 0.25) is 0 Å². The Kier molecular flexibility index (Phi) is 4.14. The Labute approximate surface area is 96.0 Å². The molecule has 0 spiro atoms. The molecule has 2 unspecified atom stereocenters. The molecule has 1 rings (SSSR count). The summed E-state index contributed by atoms with van der Waals surface area (Å²) in [7, 11) is -3.81. The van der Waals surface area contributed by atoms with Crippen molar-refractivity contribution in [3.05, 3.63) is 23.8 Å². The molecule has 3 N–H and O–H groups in total. The summed E-state index contributed by atoms with van der Waals surface area (Å²) in [5, 5.41) is 0.188. The fourth-order valence-electron chi connectivity index (χ4n) is 1.29. The van der Waals surface area contributed by atoms with Gasteiger partial charge in [-0.25, -0.2) is 0 Å². The maximum Gasteiger partial charge on any atom is 0.361 e. The molecular weight excluding hydrogens is 225 g/mol. The van der Waals surface area contributed by atoms with E-state index in [0.29, 0.717) is 12.1 Å². The molecule has 0 fully saturated rings. The zero-order valence-electron chi connectivity index (χ0n) is 9.80. The number of nitrogen functional groups attached to an aromatic ring is 1. The number of aryl methyl sites for hydroxylation is 1. The lowest BCUT2D eigenvalue weighted by Gasteiger charge is -2.18. The molecule has 2 atom stereocenters. The normalized spacial score (nSPS) is 16.8. The Morgan fingerprint density at radius 2 is 2.19 bits per heavy atom. The molecule has 0 saturated carbocycles. The SMILES string of the molecule is CCC(C)OP(=O)(O)c1cccc(C)c1N. The van der Waals surface area contributed by atoms with E-state index in [1.807, 2.05) is 6.92 Å². The van der Waals surface area contributed by atoms with Gasteiger partial charge in [-0.15, -0.1) is 0 Å². The Bertz CT molecular complexity index is 420. The van der Waals surface area contributed by atoms with Crippen LogP contribution in [0.15, 0.2) is 18.2 Å². The highest BCUT2D eigenvalue weighted by atomic mass is 31.2. The van der Waals surface area contributed by atoms with Gasteiger partial charge in [0.25, 0.3) is 0 Å². The summed E-state index contributed by atoms with van der Waals surface area (Å²) in [6.45, 7) is 5.45. The van der Waals surface area contributed by atoms with Gasteiger partial charge in [-0.2, -0.15) is 0 Å². The largest absolute Gasteiger partial charge is 0.398 e. The van der Waals surface area contributed by atoms with Crippen LogP contribution in [0.3, 0.4) is 0 Å². The smallest absolute Gasteiger partial charge is 0.361 e. The highest BCUT2D eigenvalue weighted by Gasteiger charge is 2.27. The van der Waals surface area contributed by atoms with E-state index in [4.69, 9.17) is 10.3 Å². The lowest BCUT2D eigenvalue weighted by Crippen LogP contribution is -2.17. The minimum Gasteiger partial charge on any atom is -0.398 e. The average Bonchev–Trinajstić information content (AvgIpc) is 2.21. The number of para-hydroxylation sites is 1. The summed E-state index contributed by atoms with van der Waals surface area (Å²) in [6, 6.07) is 5.03. The molecule has 0 saturated heterocycles. The molecule has 0 aliphatic carbocycles. The van der Waals surface area contributed by atoms with E-state index in [2.05, 4.69) is 0 Å². The third-order valence-corrected chi connectivity index (χ3v) is 4.15. The molecule has 1 aromatic carbocycles. The van der Waals surface area contributed by atoms with Crippen LogP contribution in [0.4, 0.5) is 5.69 Å². The number of hydrogen-bond acceptors (Lipinski definition) is 3. The summed E-state index contributed by atoms with van der Waals surface area (Å²) in [5.74, 6) is 0. The molecule has 0 radical (unpaired) electrons. The van der Waals surface area contributed by atoms with Crippen molar-refractivity contribution >= 4 is 18.6 Å². The molecule has 16 heavy (non-hydrogen) atoms. The summed E-state index contributed by atoms with van der Waals surface area (Å²) in [4.78, 5) is 9.85. The van der Waals surface area contributed by atoms with Gasteiger partial charge >= 0.3 is 7.60 Å². The van der Waals surface area contributed by atoms with Gasteiger partial charge in [-0.05, 0) is 31.9 Å². The van der Waals surface area contributed by atoms with Crippen LogP contribution >= 0.6 is 7.60 Å². The molecule has 1 aromatic rings. The van der Waals surface area contributed by atoms with Crippen LogP contribution in [-0.2, 0) is 9.09 Å². The van der Waals surface area contributed by atoms with Gasteiger partial charge in [0.15, 0.2) is 0 Å². The monoisotopic (exact) mass is 243 g/mol. The van der Waals surface area contributed by atoms with Gasteiger partial charge in [0.05, 0.1) is 11.4 Å². The first-order chi connectivity index (χ1) is 7.38. The van der Waals surface area contributed by atoms with Crippen LogP contribution < -0.4 is 11.0 Å². The van der Waals surface area contributed by atoms with Crippen LogP contribution in [-0.4, -0.2) is 11.0 Å². The maximum atomic E-state index is 12.0. The predicted molar refractivity (Wildman–Crippen MR) is 65.9 cm³/mol. The second kappa shape index (κ2) is 5.00. The fourth-order valence-corrected chi connectivity index (χ4v) is 2.79. The molecular formula is C11H18NO3P. The van der Waals surface area contributed by atoms with Gasteiger partial charge in [0.2, 0.25) is 0 Å². The lowest BCUT2D eigenvalue weighted by molar-refractivity contribution is 0.192. The van der Waals surface area contributed by atoms with Gasteiger partial charge in [-0.1, -0.05) is 19.1 Å². The van der Waals surface area contributed by atoms with Crippen molar-refractivity contribution in [1.82, 2.24) is 0 Å². The van der Waals surface area contributed by atoms with Crippen LogP contribution in [0, 0.1) is 6.92 Å². The first-order valence-electron chi connectivity index (χ1n) is 5.25. The van der Waals surface area contributed by atoms with E-state index < -0.39 is 7.60 Å². The van der Waals surface area contributed by atoms with E-state index in [1.54, 1.807) is 26.0 Å². The minimum atomic E-state index is -3.81. The van der Waals surface area contributed by atoms with E-state index in [-0.39, 0.29) is 11.4 Å². The van der Waals surface area contributed by atoms with Crippen LogP contribution in [0.25, 0.3) is 0 Å². The number of nitrogens with two attached hydrogens (primary N) is 1. The first-order valence-corrected chi connectivity index (χ1v) is 6.83. The molecule has 5 heteroatoms. The Hall–Kier alpha value is -0.830. The van der Waals surface area contributed by atoms with Crippen molar-refractivity contribution in [2.45, 2.75) is 33.3 Å². The highest BCUT2D eigenvalue weighted by molar-refractivity contribution is 7.61. The fraction of sp³-hybridized carbons (Fsp3) is 0.455. The number of anilines is 1. The van der Waals surface area contributed by atoms with Crippen molar-refractivity contribution < 1.29 is 14.0 Å². The summed E-state index contributed by atoms with van der Waals surface area (Å²) >= 11 is 0. The van der Waals surface area contributed by atoms with Crippen LogP contribution in [0.5, 0.6) is 0 Å². The lowest BCUT2D eigenvalue weighted by atomic mass is 10.2. The number of rotatable bonds is 4.